The fourth-order valence-corrected chi connectivity index (χ4v) is 1.81. The molecule has 1 rings (SSSR count). The zero-order valence-corrected chi connectivity index (χ0v) is 9.01. The summed E-state index contributed by atoms with van der Waals surface area (Å²) in [6, 6.07) is 0. The monoisotopic (exact) mass is 226 g/mol. The number of Topliss-reactive ketones (excluding diaryl/α,β-unsaturated/α-hetero) is 1. The second kappa shape index (κ2) is 4.60. The maximum Gasteiger partial charge on any atom is 0.181 e. The fraction of sp³-hybridized carbons (Fsp3) is 0.875. The third-order valence-electron chi connectivity index (χ3n) is 2.03. The Morgan fingerprint density at radius 3 is 2.62 bits per heavy atom. The van der Waals surface area contributed by atoms with Crippen LogP contribution in [0.5, 0.6) is 0 Å². The minimum absolute atomic E-state index is 0.155. The molecule has 1 saturated heterocycles. The minimum Gasteiger partial charge on any atom is -0.354 e. The number of methoxy groups -OCH3 is 1. The number of carbonyl (C=O) groups excluding carboxylic acids is 1. The van der Waals surface area contributed by atoms with Crippen LogP contribution in [0.1, 0.15) is 13.3 Å². The van der Waals surface area contributed by atoms with E-state index < -0.39 is 23.1 Å². The molecule has 1 fully saturated rings. The molecule has 0 aromatic rings. The summed E-state index contributed by atoms with van der Waals surface area (Å²) in [5.74, 6) is -0.155. The van der Waals surface area contributed by atoms with Gasteiger partial charge < -0.3 is 9.47 Å². The van der Waals surface area contributed by atoms with Gasteiger partial charge in [0.25, 0.3) is 0 Å². The van der Waals surface area contributed by atoms with Crippen molar-refractivity contribution >= 4 is 29.0 Å². The highest BCUT2D eigenvalue weighted by Gasteiger charge is 2.42. The lowest BCUT2D eigenvalue weighted by Gasteiger charge is -2.33. The molecule has 0 aromatic heterocycles. The van der Waals surface area contributed by atoms with Crippen LogP contribution in [-0.4, -0.2) is 36.0 Å². The summed E-state index contributed by atoms with van der Waals surface area (Å²) in [5, 5.41) is -1.33. The van der Waals surface area contributed by atoms with E-state index in [9.17, 15) is 4.79 Å². The van der Waals surface area contributed by atoms with Crippen molar-refractivity contribution in [1.29, 1.82) is 0 Å². The Balaban J connectivity index is 2.72. The Hall–Kier alpha value is 0.170. The second-order valence-electron chi connectivity index (χ2n) is 2.89. The predicted octanol–water partition coefficient (Wildman–Crippen LogP) is 1.55. The van der Waals surface area contributed by atoms with Gasteiger partial charge >= 0.3 is 0 Å². The van der Waals surface area contributed by atoms with E-state index >= 15 is 0 Å². The lowest BCUT2D eigenvalue weighted by atomic mass is 10.0. The van der Waals surface area contributed by atoms with Crippen LogP contribution in [0, 0.1) is 0 Å². The summed E-state index contributed by atoms with van der Waals surface area (Å²) < 4.78 is 10.3. The molecule has 4 atom stereocenters. The first-order valence-corrected chi connectivity index (χ1v) is 4.99. The quantitative estimate of drug-likeness (QED) is 0.671. The summed E-state index contributed by atoms with van der Waals surface area (Å²) >= 11 is 11.7. The molecule has 1 aliphatic heterocycles. The highest BCUT2D eigenvalue weighted by Crippen LogP contribution is 2.27. The number of ketones is 1. The van der Waals surface area contributed by atoms with Crippen LogP contribution in [0.3, 0.4) is 0 Å². The Kier molecular flexibility index (Phi) is 3.98. The Labute approximate surface area is 87.3 Å². The highest BCUT2D eigenvalue weighted by atomic mass is 35.5. The van der Waals surface area contributed by atoms with Crippen molar-refractivity contribution in [3.05, 3.63) is 0 Å². The topological polar surface area (TPSA) is 35.5 Å². The number of ether oxygens (including phenoxy) is 2. The maximum absolute atomic E-state index is 11.4. The first-order valence-electron chi connectivity index (χ1n) is 4.12. The molecule has 5 heteroatoms. The third kappa shape index (κ3) is 2.15. The summed E-state index contributed by atoms with van der Waals surface area (Å²) in [5.41, 5.74) is 0. The largest absolute Gasteiger partial charge is 0.354 e. The van der Waals surface area contributed by atoms with Gasteiger partial charge in [0.15, 0.2) is 12.1 Å². The summed E-state index contributed by atoms with van der Waals surface area (Å²) in [7, 11) is 1.48. The second-order valence-corrected chi connectivity index (χ2v) is 3.86. The van der Waals surface area contributed by atoms with Gasteiger partial charge in [0, 0.05) is 7.11 Å². The van der Waals surface area contributed by atoms with Gasteiger partial charge in [-0.15, -0.1) is 23.2 Å². The normalized spacial score (nSPS) is 40.8. The van der Waals surface area contributed by atoms with Crippen LogP contribution < -0.4 is 0 Å². The number of hydrogen-bond acceptors (Lipinski definition) is 3. The Bertz CT molecular complexity index is 194. The lowest BCUT2D eigenvalue weighted by Crippen LogP contribution is -2.50. The smallest absolute Gasteiger partial charge is 0.181 e. The van der Waals surface area contributed by atoms with E-state index in [4.69, 9.17) is 32.7 Å². The summed E-state index contributed by atoms with van der Waals surface area (Å²) in [6.07, 6.45) is -0.486. The van der Waals surface area contributed by atoms with E-state index in [2.05, 4.69) is 0 Å². The van der Waals surface area contributed by atoms with Crippen LogP contribution in [-0.2, 0) is 14.3 Å². The van der Waals surface area contributed by atoms with Crippen molar-refractivity contribution < 1.29 is 14.3 Å². The van der Waals surface area contributed by atoms with E-state index in [1.165, 1.54) is 7.11 Å². The van der Waals surface area contributed by atoms with Crippen molar-refractivity contribution in [3.63, 3.8) is 0 Å². The van der Waals surface area contributed by atoms with Crippen LogP contribution in [0.2, 0.25) is 0 Å². The first-order chi connectivity index (χ1) is 6.11. The van der Waals surface area contributed by atoms with E-state index in [0.717, 1.165) is 0 Å². The molecule has 0 amide bonds. The van der Waals surface area contributed by atoms with Gasteiger partial charge in [-0.3, -0.25) is 4.79 Å². The predicted molar refractivity (Wildman–Crippen MR) is 50.3 cm³/mol. The van der Waals surface area contributed by atoms with Gasteiger partial charge in [0.1, 0.15) is 16.9 Å². The standard InChI is InChI=1S/C8H12Cl2O3/c1-3-4-7(11)5(9)6(10)8(12-2)13-4/h4-6,8H,3H2,1-2H3. The van der Waals surface area contributed by atoms with Crippen LogP contribution >= 0.6 is 23.2 Å². The molecule has 1 aliphatic rings. The van der Waals surface area contributed by atoms with Gasteiger partial charge in [-0.05, 0) is 6.42 Å². The molecular formula is C8H12Cl2O3. The van der Waals surface area contributed by atoms with E-state index in [-0.39, 0.29) is 5.78 Å². The Morgan fingerprint density at radius 1 is 1.54 bits per heavy atom. The molecule has 0 aliphatic carbocycles. The molecule has 4 unspecified atom stereocenters. The first kappa shape index (κ1) is 11.2. The van der Waals surface area contributed by atoms with Gasteiger partial charge in [-0.25, -0.2) is 0 Å². The highest BCUT2D eigenvalue weighted by molar-refractivity contribution is 6.38. The zero-order valence-electron chi connectivity index (χ0n) is 7.50. The number of alkyl halides is 2. The third-order valence-corrected chi connectivity index (χ3v) is 3.10. The molecule has 1 heterocycles. The molecule has 0 saturated carbocycles. The van der Waals surface area contributed by atoms with Crippen molar-refractivity contribution in [2.24, 2.45) is 0 Å². The van der Waals surface area contributed by atoms with Crippen LogP contribution in [0.15, 0.2) is 0 Å². The maximum atomic E-state index is 11.4. The summed E-state index contributed by atoms with van der Waals surface area (Å²) in [4.78, 5) is 11.4. The van der Waals surface area contributed by atoms with E-state index in [1.807, 2.05) is 6.92 Å². The van der Waals surface area contributed by atoms with Gasteiger partial charge in [-0.2, -0.15) is 0 Å². The molecule has 0 N–H and O–H groups in total. The SMILES string of the molecule is CCC1OC(OC)C(Cl)C(Cl)C1=O. The number of rotatable bonds is 2. The average molecular weight is 227 g/mol. The average Bonchev–Trinajstić information content (AvgIpc) is 2.15. The fourth-order valence-electron chi connectivity index (χ4n) is 1.26. The van der Waals surface area contributed by atoms with Crippen molar-refractivity contribution in [3.8, 4) is 0 Å². The molecule has 0 spiro atoms. The van der Waals surface area contributed by atoms with Crippen LogP contribution in [0.4, 0.5) is 0 Å². The number of hydrogen-bond donors (Lipinski definition) is 0. The van der Waals surface area contributed by atoms with Gasteiger partial charge in [-0.1, -0.05) is 6.92 Å². The van der Waals surface area contributed by atoms with Gasteiger partial charge in [0.2, 0.25) is 0 Å². The van der Waals surface area contributed by atoms with Crippen molar-refractivity contribution in [2.45, 2.75) is 36.5 Å². The lowest BCUT2D eigenvalue weighted by molar-refractivity contribution is -0.183. The Morgan fingerprint density at radius 2 is 2.15 bits per heavy atom. The molecule has 0 bridgehead atoms. The van der Waals surface area contributed by atoms with Gasteiger partial charge in [0.05, 0.1) is 0 Å². The molecule has 76 valence electrons. The van der Waals surface area contributed by atoms with Crippen LogP contribution in [0.25, 0.3) is 0 Å². The molecule has 0 radical (unpaired) electrons. The molecule has 3 nitrogen and oxygen atoms in total. The summed E-state index contributed by atoms with van der Waals surface area (Å²) in [6.45, 7) is 1.85. The van der Waals surface area contributed by atoms with Crippen molar-refractivity contribution in [2.75, 3.05) is 7.11 Å². The van der Waals surface area contributed by atoms with E-state index in [1.54, 1.807) is 0 Å². The zero-order chi connectivity index (χ0) is 10.0. The number of carbonyl (C=O) groups is 1. The molecule has 13 heavy (non-hydrogen) atoms. The van der Waals surface area contributed by atoms with E-state index in [0.29, 0.717) is 6.42 Å². The minimum atomic E-state index is -0.717. The molecule has 0 aromatic carbocycles. The molecular weight excluding hydrogens is 215 g/mol. The number of halogens is 2. The van der Waals surface area contributed by atoms with Crippen molar-refractivity contribution in [1.82, 2.24) is 0 Å².